The van der Waals surface area contributed by atoms with Gasteiger partial charge in [0.2, 0.25) is 0 Å². The minimum absolute atomic E-state index is 0.241. The van der Waals surface area contributed by atoms with Crippen molar-refractivity contribution < 1.29 is 9.15 Å². The van der Waals surface area contributed by atoms with Crippen molar-refractivity contribution in [2.24, 2.45) is 0 Å². The summed E-state index contributed by atoms with van der Waals surface area (Å²) >= 11 is 0. The molecule has 1 N–H and O–H groups in total. The van der Waals surface area contributed by atoms with Crippen molar-refractivity contribution in [2.75, 3.05) is 13.2 Å². The molecule has 1 aromatic heterocycles. The molecule has 0 saturated carbocycles. The summed E-state index contributed by atoms with van der Waals surface area (Å²) in [5, 5.41) is 4.74. The molecular formula is C18H25NO2. The van der Waals surface area contributed by atoms with Crippen LogP contribution in [0, 0.1) is 6.92 Å². The Kier molecular flexibility index (Phi) is 4.61. The van der Waals surface area contributed by atoms with Gasteiger partial charge in [-0.15, -0.1) is 0 Å². The average molecular weight is 287 g/mol. The summed E-state index contributed by atoms with van der Waals surface area (Å²) in [6.45, 7) is 6.08. The first-order valence-corrected chi connectivity index (χ1v) is 8.12. The lowest BCUT2D eigenvalue weighted by Crippen LogP contribution is -2.28. The summed E-state index contributed by atoms with van der Waals surface area (Å²) < 4.78 is 12.0. The fourth-order valence-corrected chi connectivity index (χ4v) is 3.20. The number of hydrogen-bond acceptors (Lipinski definition) is 3. The standard InChI is InChI=1S/C18H25NO2/c1-3-19-16(12-15-9-4-5-10-20-15)17-11-14-8-6-7-13(2)18(14)21-17/h6-8,11,15-16,19H,3-5,9-10,12H2,1-2H3. The molecule has 2 unspecified atom stereocenters. The van der Waals surface area contributed by atoms with Crippen LogP contribution in [0.5, 0.6) is 0 Å². The van der Waals surface area contributed by atoms with Gasteiger partial charge in [-0.05, 0) is 50.8 Å². The minimum atomic E-state index is 0.241. The Morgan fingerprint density at radius 2 is 2.24 bits per heavy atom. The lowest BCUT2D eigenvalue weighted by atomic mass is 10.00. The number of nitrogens with one attached hydrogen (secondary N) is 1. The van der Waals surface area contributed by atoms with Crippen molar-refractivity contribution in [3.8, 4) is 0 Å². The molecule has 0 bridgehead atoms. The number of hydrogen-bond donors (Lipinski definition) is 1. The first kappa shape index (κ1) is 14.6. The van der Waals surface area contributed by atoms with Crippen LogP contribution in [-0.4, -0.2) is 19.3 Å². The van der Waals surface area contributed by atoms with Gasteiger partial charge in [-0.2, -0.15) is 0 Å². The second-order valence-electron chi connectivity index (χ2n) is 5.98. The summed E-state index contributed by atoms with van der Waals surface area (Å²) in [5.41, 5.74) is 2.21. The molecule has 2 heterocycles. The van der Waals surface area contributed by atoms with Gasteiger partial charge in [0, 0.05) is 12.0 Å². The molecule has 1 aromatic carbocycles. The number of ether oxygens (including phenoxy) is 1. The lowest BCUT2D eigenvalue weighted by molar-refractivity contribution is 0.00392. The second kappa shape index (κ2) is 6.63. The zero-order chi connectivity index (χ0) is 14.7. The SMILES string of the molecule is CCNC(CC1CCCCO1)c1cc2cccc(C)c2o1. The Morgan fingerprint density at radius 1 is 1.33 bits per heavy atom. The van der Waals surface area contributed by atoms with Crippen LogP contribution in [-0.2, 0) is 4.74 Å². The molecule has 2 atom stereocenters. The zero-order valence-electron chi connectivity index (χ0n) is 13.0. The highest BCUT2D eigenvalue weighted by Gasteiger charge is 2.23. The van der Waals surface area contributed by atoms with E-state index in [4.69, 9.17) is 9.15 Å². The Balaban J connectivity index is 1.82. The van der Waals surface area contributed by atoms with E-state index in [1.807, 2.05) is 0 Å². The Hall–Kier alpha value is -1.32. The minimum Gasteiger partial charge on any atom is -0.459 e. The van der Waals surface area contributed by atoms with Crippen molar-refractivity contribution in [2.45, 2.75) is 51.7 Å². The summed E-state index contributed by atoms with van der Waals surface area (Å²) in [4.78, 5) is 0. The fraction of sp³-hybridized carbons (Fsp3) is 0.556. The first-order valence-electron chi connectivity index (χ1n) is 8.12. The zero-order valence-corrected chi connectivity index (χ0v) is 13.0. The van der Waals surface area contributed by atoms with Gasteiger partial charge in [0.15, 0.2) is 0 Å². The number of aryl methyl sites for hydroxylation is 1. The topological polar surface area (TPSA) is 34.4 Å². The van der Waals surface area contributed by atoms with Crippen LogP contribution >= 0.6 is 0 Å². The van der Waals surface area contributed by atoms with Crippen LogP contribution in [0.2, 0.25) is 0 Å². The van der Waals surface area contributed by atoms with Gasteiger partial charge in [0.05, 0.1) is 12.1 Å². The molecule has 3 nitrogen and oxygen atoms in total. The Morgan fingerprint density at radius 3 is 2.95 bits per heavy atom. The summed E-state index contributed by atoms with van der Waals surface area (Å²) in [7, 11) is 0. The van der Waals surface area contributed by atoms with Gasteiger partial charge >= 0.3 is 0 Å². The monoisotopic (exact) mass is 287 g/mol. The smallest absolute Gasteiger partial charge is 0.137 e. The van der Waals surface area contributed by atoms with E-state index >= 15 is 0 Å². The fourth-order valence-electron chi connectivity index (χ4n) is 3.20. The third kappa shape index (κ3) is 3.30. The predicted molar refractivity (Wildman–Crippen MR) is 85.6 cm³/mol. The third-order valence-electron chi connectivity index (χ3n) is 4.33. The van der Waals surface area contributed by atoms with E-state index in [2.05, 4.69) is 43.4 Å². The molecule has 1 aliphatic heterocycles. The van der Waals surface area contributed by atoms with Crippen LogP contribution in [0.15, 0.2) is 28.7 Å². The summed E-state index contributed by atoms with van der Waals surface area (Å²) in [5.74, 6) is 1.04. The van der Waals surface area contributed by atoms with Crippen LogP contribution in [0.1, 0.15) is 50.0 Å². The highest BCUT2D eigenvalue weighted by molar-refractivity contribution is 5.81. The molecule has 21 heavy (non-hydrogen) atoms. The first-order chi connectivity index (χ1) is 10.3. The van der Waals surface area contributed by atoms with E-state index < -0.39 is 0 Å². The normalized spacial score (nSPS) is 20.8. The molecule has 3 heteroatoms. The lowest BCUT2D eigenvalue weighted by Gasteiger charge is -2.26. The largest absolute Gasteiger partial charge is 0.459 e. The van der Waals surface area contributed by atoms with Crippen molar-refractivity contribution >= 4 is 11.0 Å². The van der Waals surface area contributed by atoms with E-state index in [1.165, 1.54) is 30.2 Å². The maximum Gasteiger partial charge on any atom is 0.137 e. The molecular weight excluding hydrogens is 262 g/mol. The molecule has 0 spiro atoms. The van der Waals surface area contributed by atoms with Crippen LogP contribution < -0.4 is 5.32 Å². The maximum atomic E-state index is 6.14. The molecule has 0 aliphatic carbocycles. The van der Waals surface area contributed by atoms with Gasteiger partial charge < -0.3 is 14.5 Å². The van der Waals surface area contributed by atoms with Crippen molar-refractivity contribution in [3.63, 3.8) is 0 Å². The highest BCUT2D eigenvalue weighted by atomic mass is 16.5. The number of fused-ring (bicyclic) bond motifs is 1. The number of benzene rings is 1. The molecule has 3 rings (SSSR count). The van der Waals surface area contributed by atoms with Crippen LogP contribution in [0.25, 0.3) is 11.0 Å². The van der Waals surface area contributed by atoms with E-state index in [9.17, 15) is 0 Å². The quantitative estimate of drug-likeness (QED) is 0.887. The number of rotatable bonds is 5. The van der Waals surface area contributed by atoms with E-state index in [0.29, 0.717) is 6.10 Å². The molecule has 1 saturated heterocycles. The van der Waals surface area contributed by atoms with Gasteiger partial charge in [-0.1, -0.05) is 25.1 Å². The Bertz CT molecular complexity index is 584. The number of para-hydroxylation sites is 1. The molecule has 114 valence electrons. The van der Waals surface area contributed by atoms with Gasteiger partial charge in [-0.3, -0.25) is 0 Å². The molecule has 0 radical (unpaired) electrons. The van der Waals surface area contributed by atoms with Gasteiger partial charge in [0.25, 0.3) is 0 Å². The molecule has 2 aromatic rings. The van der Waals surface area contributed by atoms with Gasteiger partial charge in [0.1, 0.15) is 11.3 Å². The maximum absolute atomic E-state index is 6.14. The average Bonchev–Trinajstić information content (AvgIpc) is 2.93. The van der Waals surface area contributed by atoms with Crippen LogP contribution in [0.4, 0.5) is 0 Å². The summed E-state index contributed by atoms with van der Waals surface area (Å²) in [6.07, 6.45) is 5.00. The second-order valence-corrected chi connectivity index (χ2v) is 5.98. The Labute approximate surface area is 126 Å². The highest BCUT2D eigenvalue weighted by Crippen LogP contribution is 2.30. The van der Waals surface area contributed by atoms with Crippen molar-refractivity contribution in [3.05, 3.63) is 35.6 Å². The van der Waals surface area contributed by atoms with Crippen molar-refractivity contribution in [1.29, 1.82) is 0 Å². The van der Waals surface area contributed by atoms with Crippen molar-refractivity contribution in [1.82, 2.24) is 5.32 Å². The van der Waals surface area contributed by atoms with Crippen LogP contribution in [0.3, 0.4) is 0 Å². The predicted octanol–water partition coefficient (Wildman–Crippen LogP) is 4.35. The van der Waals surface area contributed by atoms with E-state index in [1.54, 1.807) is 0 Å². The molecule has 1 fully saturated rings. The third-order valence-corrected chi connectivity index (χ3v) is 4.33. The summed E-state index contributed by atoms with van der Waals surface area (Å²) in [6, 6.07) is 8.73. The molecule has 1 aliphatic rings. The van der Waals surface area contributed by atoms with E-state index in [-0.39, 0.29) is 6.04 Å². The van der Waals surface area contributed by atoms with Gasteiger partial charge in [-0.25, -0.2) is 0 Å². The van der Waals surface area contributed by atoms with E-state index in [0.717, 1.165) is 30.9 Å². The molecule has 0 amide bonds. The number of furan rings is 1.